The molecule has 1 N–H and O–H groups in total. The van der Waals surface area contributed by atoms with Gasteiger partial charge in [0.15, 0.2) is 5.82 Å². The van der Waals surface area contributed by atoms with Crippen molar-refractivity contribution in [2.24, 2.45) is 0 Å². The normalized spacial score (nSPS) is 14.8. The Bertz CT molecular complexity index is 775. The Morgan fingerprint density at radius 2 is 1.93 bits per heavy atom. The molecule has 0 radical (unpaired) electrons. The summed E-state index contributed by atoms with van der Waals surface area (Å²) in [5.41, 5.74) is 1.08. The highest BCUT2D eigenvalue weighted by Gasteiger charge is 2.22. The van der Waals surface area contributed by atoms with E-state index in [4.69, 9.17) is 4.52 Å². The molecule has 9 heteroatoms. The van der Waals surface area contributed by atoms with Crippen LogP contribution in [0.5, 0.6) is 0 Å². The standard InChI is InChI=1S/C19H25N5O3S/c1-15-21-17(22-27-15)13-28-14-19(26)24-9-7-23(8-10-24)12-18(25)20-11-16-5-3-2-4-6-16/h2-6H,7-14H2,1H3,(H,20,25). The molecule has 1 aliphatic rings. The number of benzene rings is 1. The van der Waals surface area contributed by atoms with Crippen LogP contribution in [0.4, 0.5) is 0 Å². The van der Waals surface area contributed by atoms with E-state index in [-0.39, 0.29) is 11.8 Å². The van der Waals surface area contributed by atoms with E-state index in [2.05, 4.69) is 20.4 Å². The molecule has 0 atom stereocenters. The van der Waals surface area contributed by atoms with E-state index < -0.39 is 0 Å². The van der Waals surface area contributed by atoms with Crippen LogP contribution in [0.25, 0.3) is 0 Å². The van der Waals surface area contributed by atoms with E-state index in [1.165, 1.54) is 11.8 Å². The van der Waals surface area contributed by atoms with Crippen LogP contribution < -0.4 is 5.32 Å². The molecule has 0 spiro atoms. The molecule has 1 aliphatic heterocycles. The molecule has 28 heavy (non-hydrogen) atoms. The summed E-state index contributed by atoms with van der Waals surface area (Å²) in [5.74, 6) is 2.22. The van der Waals surface area contributed by atoms with Crippen molar-refractivity contribution in [3.63, 3.8) is 0 Å². The fraction of sp³-hybridized carbons (Fsp3) is 0.474. The molecule has 3 rings (SSSR count). The third-order valence-corrected chi connectivity index (χ3v) is 5.36. The minimum atomic E-state index is 0.00888. The second kappa shape index (κ2) is 10.2. The number of hydrogen-bond acceptors (Lipinski definition) is 7. The Hall–Kier alpha value is -2.39. The highest BCUT2D eigenvalue weighted by Crippen LogP contribution is 2.11. The summed E-state index contributed by atoms with van der Waals surface area (Å²) in [4.78, 5) is 32.5. The van der Waals surface area contributed by atoms with E-state index in [0.29, 0.717) is 62.5 Å². The molecular weight excluding hydrogens is 378 g/mol. The minimum Gasteiger partial charge on any atom is -0.351 e. The lowest BCUT2D eigenvalue weighted by Gasteiger charge is -2.34. The van der Waals surface area contributed by atoms with Gasteiger partial charge in [0.1, 0.15) is 0 Å². The van der Waals surface area contributed by atoms with Crippen molar-refractivity contribution in [3.8, 4) is 0 Å². The van der Waals surface area contributed by atoms with Crippen LogP contribution in [0, 0.1) is 6.92 Å². The van der Waals surface area contributed by atoms with Crippen LogP contribution in [0.3, 0.4) is 0 Å². The van der Waals surface area contributed by atoms with Gasteiger partial charge >= 0.3 is 0 Å². The van der Waals surface area contributed by atoms with E-state index in [1.807, 2.05) is 35.2 Å². The first-order chi connectivity index (χ1) is 13.6. The van der Waals surface area contributed by atoms with Gasteiger partial charge in [-0.3, -0.25) is 14.5 Å². The molecule has 2 amide bonds. The average molecular weight is 404 g/mol. The monoisotopic (exact) mass is 403 g/mol. The third-order valence-electron chi connectivity index (χ3n) is 4.45. The second-order valence-electron chi connectivity index (χ2n) is 6.64. The van der Waals surface area contributed by atoms with Gasteiger partial charge in [0.2, 0.25) is 17.7 Å². The number of thioether (sulfide) groups is 1. The Labute approximate surface area is 168 Å². The molecular formula is C19H25N5O3S. The summed E-state index contributed by atoms with van der Waals surface area (Å²) in [6.45, 7) is 5.35. The van der Waals surface area contributed by atoms with Crippen molar-refractivity contribution in [2.45, 2.75) is 19.2 Å². The van der Waals surface area contributed by atoms with Crippen LogP contribution in [-0.2, 0) is 21.9 Å². The zero-order valence-corrected chi connectivity index (χ0v) is 16.8. The number of amides is 2. The number of carbonyl (C=O) groups is 2. The molecule has 0 aliphatic carbocycles. The fourth-order valence-corrected chi connectivity index (χ4v) is 3.69. The predicted molar refractivity (Wildman–Crippen MR) is 107 cm³/mol. The molecule has 8 nitrogen and oxygen atoms in total. The lowest BCUT2D eigenvalue weighted by Crippen LogP contribution is -2.51. The maximum atomic E-state index is 12.3. The zero-order chi connectivity index (χ0) is 19.8. The fourth-order valence-electron chi connectivity index (χ4n) is 2.93. The van der Waals surface area contributed by atoms with Gasteiger partial charge in [-0.25, -0.2) is 0 Å². The van der Waals surface area contributed by atoms with Crippen molar-refractivity contribution < 1.29 is 14.1 Å². The molecule has 1 saturated heterocycles. The van der Waals surface area contributed by atoms with Crippen molar-refractivity contribution in [3.05, 3.63) is 47.6 Å². The minimum absolute atomic E-state index is 0.00888. The topological polar surface area (TPSA) is 91.6 Å². The Kier molecular flexibility index (Phi) is 7.44. The van der Waals surface area contributed by atoms with Crippen LogP contribution in [-0.4, -0.2) is 70.2 Å². The molecule has 1 aromatic heterocycles. The lowest BCUT2D eigenvalue weighted by molar-refractivity contribution is -0.130. The molecule has 0 saturated carbocycles. The van der Waals surface area contributed by atoms with E-state index in [1.54, 1.807) is 6.92 Å². The van der Waals surface area contributed by atoms with Crippen molar-refractivity contribution in [1.82, 2.24) is 25.3 Å². The summed E-state index contributed by atoms with van der Waals surface area (Å²) in [6.07, 6.45) is 0. The van der Waals surface area contributed by atoms with Gasteiger partial charge in [0.05, 0.1) is 18.1 Å². The zero-order valence-electron chi connectivity index (χ0n) is 16.0. The number of nitrogens with one attached hydrogen (secondary N) is 1. The molecule has 0 bridgehead atoms. The van der Waals surface area contributed by atoms with E-state index in [0.717, 1.165) is 5.56 Å². The van der Waals surface area contributed by atoms with Crippen LogP contribution in [0.15, 0.2) is 34.9 Å². The molecule has 2 aromatic rings. The van der Waals surface area contributed by atoms with Crippen LogP contribution in [0.2, 0.25) is 0 Å². The van der Waals surface area contributed by atoms with Crippen molar-refractivity contribution >= 4 is 23.6 Å². The van der Waals surface area contributed by atoms with E-state index in [9.17, 15) is 9.59 Å². The Morgan fingerprint density at radius 1 is 1.18 bits per heavy atom. The van der Waals surface area contributed by atoms with Crippen molar-refractivity contribution in [2.75, 3.05) is 38.5 Å². The average Bonchev–Trinajstić information content (AvgIpc) is 3.13. The Balaban J connectivity index is 1.31. The first-order valence-electron chi connectivity index (χ1n) is 9.28. The SMILES string of the molecule is Cc1nc(CSCC(=O)N2CCN(CC(=O)NCc3ccccc3)CC2)no1. The maximum absolute atomic E-state index is 12.3. The number of nitrogens with zero attached hydrogens (tertiary/aromatic N) is 4. The first-order valence-corrected chi connectivity index (χ1v) is 10.4. The quantitative estimate of drug-likeness (QED) is 0.705. The molecule has 2 heterocycles. The number of rotatable bonds is 8. The van der Waals surface area contributed by atoms with Gasteiger partial charge in [-0.15, -0.1) is 11.8 Å². The van der Waals surface area contributed by atoms with Gasteiger partial charge in [-0.1, -0.05) is 35.5 Å². The predicted octanol–water partition coefficient (Wildman–Crippen LogP) is 1.07. The summed E-state index contributed by atoms with van der Waals surface area (Å²) < 4.78 is 4.92. The maximum Gasteiger partial charge on any atom is 0.234 e. The van der Waals surface area contributed by atoms with Crippen LogP contribution >= 0.6 is 11.8 Å². The van der Waals surface area contributed by atoms with Crippen molar-refractivity contribution in [1.29, 1.82) is 0 Å². The Morgan fingerprint density at radius 3 is 2.61 bits per heavy atom. The van der Waals surface area contributed by atoms with Gasteiger partial charge in [-0.05, 0) is 5.56 Å². The third kappa shape index (κ3) is 6.35. The summed E-state index contributed by atoms with van der Waals surface area (Å²) in [5, 5.41) is 6.76. The van der Waals surface area contributed by atoms with E-state index >= 15 is 0 Å². The summed E-state index contributed by atoms with van der Waals surface area (Å²) in [6, 6.07) is 9.85. The summed E-state index contributed by atoms with van der Waals surface area (Å²) in [7, 11) is 0. The van der Waals surface area contributed by atoms with Gasteiger partial charge < -0.3 is 14.7 Å². The highest BCUT2D eigenvalue weighted by molar-refractivity contribution is 7.99. The lowest BCUT2D eigenvalue weighted by atomic mass is 10.2. The van der Waals surface area contributed by atoms with Gasteiger partial charge in [0, 0.05) is 39.6 Å². The van der Waals surface area contributed by atoms with Gasteiger partial charge in [0.25, 0.3) is 0 Å². The molecule has 1 fully saturated rings. The van der Waals surface area contributed by atoms with Gasteiger partial charge in [-0.2, -0.15) is 4.98 Å². The number of aromatic nitrogens is 2. The second-order valence-corrected chi connectivity index (χ2v) is 7.63. The first kappa shape index (κ1) is 20.3. The number of hydrogen-bond donors (Lipinski definition) is 1. The largest absolute Gasteiger partial charge is 0.351 e. The molecule has 150 valence electrons. The molecule has 0 unspecified atom stereocenters. The summed E-state index contributed by atoms with van der Waals surface area (Å²) >= 11 is 1.48. The van der Waals surface area contributed by atoms with Crippen LogP contribution in [0.1, 0.15) is 17.3 Å². The molecule has 1 aromatic carbocycles. The highest BCUT2D eigenvalue weighted by atomic mass is 32.2. The number of carbonyl (C=O) groups excluding carboxylic acids is 2. The number of piperazine rings is 1. The smallest absolute Gasteiger partial charge is 0.234 e. The number of aryl methyl sites for hydroxylation is 1.